The molecule has 20 heavy (non-hydrogen) atoms. The molecular weight excluding hydrogens is 387 g/mol. The molecule has 0 bridgehead atoms. The number of carbonyl (C=O) groups excluding carboxylic acids is 1. The van der Waals surface area contributed by atoms with Gasteiger partial charge in [-0.1, -0.05) is 0 Å². The Labute approximate surface area is 143 Å². The Morgan fingerprint density at radius 1 is 1.15 bits per heavy atom. The second kappa shape index (κ2) is 12.6. The number of aliphatic imine (C=N–C) groups is 1. The maximum atomic E-state index is 11.4. The Hall–Kier alpha value is -0.180. The van der Waals surface area contributed by atoms with Gasteiger partial charge < -0.3 is 16.0 Å². The molecule has 0 heterocycles. The standard InChI is InChI=1S/C13H26N4OS.HI/c1-14-13(16-7-3-4-10-19-2)17-9-8-15-12(18)11-5-6-11;/h11H,3-10H2,1-2H3,(H,15,18)(H2,14,16,17);1H. The lowest BCUT2D eigenvalue weighted by Crippen LogP contribution is -2.42. The van der Waals surface area contributed by atoms with E-state index < -0.39 is 0 Å². The number of carbonyl (C=O) groups is 1. The highest BCUT2D eigenvalue weighted by Crippen LogP contribution is 2.28. The van der Waals surface area contributed by atoms with Crippen molar-refractivity contribution in [3.63, 3.8) is 0 Å². The molecule has 0 aromatic carbocycles. The van der Waals surface area contributed by atoms with Crippen LogP contribution in [0.15, 0.2) is 4.99 Å². The number of guanidine groups is 1. The van der Waals surface area contributed by atoms with Gasteiger partial charge in [0.05, 0.1) is 0 Å². The molecule has 1 aliphatic rings. The van der Waals surface area contributed by atoms with Crippen molar-refractivity contribution in [2.45, 2.75) is 25.7 Å². The van der Waals surface area contributed by atoms with Crippen molar-refractivity contribution >= 4 is 47.6 Å². The Kier molecular flexibility index (Phi) is 12.4. The smallest absolute Gasteiger partial charge is 0.223 e. The van der Waals surface area contributed by atoms with Crippen LogP contribution >= 0.6 is 35.7 Å². The first kappa shape index (κ1) is 19.8. The molecular formula is C13H27IN4OS. The fourth-order valence-corrected chi connectivity index (χ4v) is 2.15. The first-order valence-electron chi connectivity index (χ1n) is 6.99. The van der Waals surface area contributed by atoms with Crippen LogP contribution in [0.5, 0.6) is 0 Å². The van der Waals surface area contributed by atoms with Crippen LogP contribution in [-0.4, -0.2) is 50.6 Å². The van der Waals surface area contributed by atoms with E-state index in [2.05, 4.69) is 27.2 Å². The SMILES string of the molecule is CN=C(NCCCCSC)NCCNC(=O)C1CC1.I. The van der Waals surface area contributed by atoms with Crippen molar-refractivity contribution in [2.75, 3.05) is 38.7 Å². The van der Waals surface area contributed by atoms with Crippen LogP contribution in [0.3, 0.4) is 0 Å². The summed E-state index contributed by atoms with van der Waals surface area (Å²) in [7, 11) is 1.76. The van der Waals surface area contributed by atoms with E-state index >= 15 is 0 Å². The van der Waals surface area contributed by atoms with Gasteiger partial charge >= 0.3 is 0 Å². The van der Waals surface area contributed by atoms with Crippen LogP contribution < -0.4 is 16.0 Å². The highest BCUT2D eigenvalue weighted by atomic mass is 127. The highest BCUT2D eigenvalue weighted by molar-refractivity contribution is 14.0. The van der Waals surface area contributed by atoms with Gasteiger partial charge in [-0.25, -0.2) is 0 Å². The molecule has 0 spiro atoms. The van der Waals surface area contributed by atoms with E-state index in [1.54, 1.807) is 7.05 Å². The van der Waals surface area contributed by atoms with Crippen molar-refractivity contribution in [3.8, 4) is 0 Å². The molecule has 1 rings (SSSR count). The summed E-state index contributed by atoms with van der Waals surface area (Å²) < 4.78 is 0. The molecule has 5 nitrogen and oxygen atoms in total. The summed E-state index contributed by atoms with van der Waals surface area (Å²) >= 11 is 1.88. The molecule has 0 aromatic heterocycles. The number of nitrogens with one attached hydrogen (secondary N) is 3. The second-order valence-corrected chi connectivity index (χ2v) is 5.68. The Morgan fingerprint density at radius 2 is 1.80 bits per heavy atom. The molecule has 0 aliphatic heterocycles. The van der Waals surface area contributed by atoms with E-state index in [1.165, 1.54) is 12.2 Å². The predicted molar refractivity (Wildman–Crippen MR) is 98.1 cm³/mol. The Bertz CT molecular complexity index is 298. The highest BCUT2D eigenvalue weighted by Gasteiger charge is 2.28. The van der Waals surface area contributed by atoms with E-state index in [1.807, 2.05) is 11.8 Å². The first-order chi connectivity index (χ1) is 9.27. The van der Waals surface area contributed by atoms with Crippen LogP contribution in [0.1, 0.15) is 25.7 Å². The minimum absolute atomic E-state index is 0. The minimum atomic E-state index is 0. The summed E-state index contributed by atoms with van der Waals surface area (Å²) in [6.45, 7) is 2.31. The minimum Gasteiger partial charge on any atom is -0.356 e. The monoisotopic (exact) mass is 414 g/mol. The number of halogens is 1. The Balaban J connectivity index is 0.00000361. The molecule has 0 atom stereocenters. The van der Waals surface area contributed by atoms with Crippen molar-refractivity contribution in [2.24, 2.45) is 10.9 Å². The topological polar surface area (TPSA) is 65.5 Å². The summed E-state index contributed by atoms with van der Waals surface area (Å²) in [5, 5.41) is 9.38. The summed E-state index contributed by atoms with van der Waals surface area (Å²) in [6, 6.07) is 0. The number of rotatable bonds is 9. The van der Waals surface area contributed by atoms with Gasteiger partial charge in [-0.3, -0.25) is 9.79 Å². The summed E-state index contributed by atoms with van der Waals surface area (Å²) in [5.41, 5.74) is 0. The number of thioether (sulfide) groups is 1. The zero-order valence-electron chi connectivity index (χ0n) is 12.4. The van der Waals surface area contributed by atoms with E-state index in [4.69, 9.17) is 0 Å². The van der Waals surface area contributed by atoms with Gasteiger partial charge in [0.1, 0.15) is 0 Å². The third-order valence-electron chi connectivity index (χ3n) is 2.96. The quantitative estimate of drug-likeness (QED) is 0.231. The van der Waals surface area contributed by atoms with Gasteiger partial charge in [0.25, 0.3) is 0 Å². The maximum Gasteiger partial charge on any atom is 0.223 e. The van der Waals surface area contributed by atoms with Gasteiger partial charge in [-0.15, -0.1) is 24.0 Å². The lowest BCUT2D eigenvalue weighted by atomic mass is 10.3. The molecule has 0 radical (unpaired) electrons. The molecule has 0 aromatic rings. The van der Waals surface area contributed by atoms with Crippen molar-refractivity contribution in [3.05, 3.63) is 0 Å². The van der Waals surface area contributed by atoms with E-state index in [-0.39, 0.29) is 35.8 Å². The van der Waals surface area contributed by atoms with Gasteiger partial charge in [0.2, 0.25) is 5.91 Å². The molecule has 3 N–H and O–H groups in total. The molecule has 1 saturated carbocycles. The summed E-state index contributed by atoms with van der Waals surface area (Å²) in [6.07, 6.45) is 6.61. The average molecular weight is 414 g/mol. The van der Waals surface area contributed by atoms with Crippen molar-refractivity contribution < 1.29 is 4.79 Å². The van der Waals surface area contributed by atoms with Crippen LogP contribution in [-0.2, 0) is 4.79 Å². The molecule has 0 unspecified atom stereocenters. The maximum absolute atomic E-state index is 11.4. The molecule has 1 amide bonds. The van der Waals surface area contributed by atoms with Crippen molar-refractivity contribution in [1.29, 1.82) is 0 Å². The van der Waals surface area contributed by atoms with E-state index in [9.17, 15) is 4.79 Å². The van der Waals surface area contributed by atoms with E-state index in [0.29, 0.717) is 13.1 Å². The molecule has 1 aliphatic carbocycles. The molecule has 118 valence electrons. The fraction of sp³-hybridized carbons (Fsp3) is 0.846. The number of hydrogen-bond donors (Lipinski definition) is 3. The van der Waals surface area contributed by atoms with Crippen LogP contribution in [0, 0.1) is 5.92 Å². The molecule has 0 saturated heterocycles. The third kappa shape index (κ3) is 9.68. The first-order valence-corrected chi connectivity index (χ1v) is 8.38. The fourth-order valence-electron chi connectivity index (χ4n) is 1.66. The summed E-state index contributed by atoms with van der Waals surface area (Å²) in [5.74, 6) is 2.50. The average Bonchev–Trinajstić information content (AvgIpc) is 3.25. The van der Waals surface area contributed by atoms with Crippen LogP contribution in [0.4, 0.5) is 0 Å². The van der Waals surface area contributed by atoms with Gasteiger partial charge in [-0.05, 0) is 37.7 Å². The zero-order chi connectivity index (χ0) is 13.9. The van der Waals surface area contributed by atoms with Gasteiger partial charge in [0.15, 0.2) is 5.96 Å². The van der Waals surface area contributed by atoms with Crippen LogP contribution in [0.2, 0.25) is 0 Å². The normalized spacial score (nSPS) is 14.4. The lowest BCUT2D eigenvalue weighted by molar-refractivity contribution is -0.122. The number of amides is 1. The predicted octanol–water partition coefficient (Wildman–Crippen LogP) is 1.44. The number of nitrogens with zero attached hydrogens (tertiary/aromatic N) is 1. The third-order valence-corrected chi connectivity index (χ3v) is 3.65. The zero-order valence-corrected chi connectivity index (χ0v) is 15.6. The summed E-state index contributed by atoms with van der Waals surface area (Å²) in [4.78, 5) is 15.6. The number of hydrogen-bond acceptors (Lipinski definition) is 3. The Morgan fingerprint density at radius 3 is 2.40 bits per heavy atom. The van der Waals surface area contributed by atoms with Crippen LogP contribution in [0.25, 0.3) is 0 Å². The largest absolute Gasteiger partial charge is 0.356 e. The second-order valence-electron chi connectivity index (χ2n) is 4.69. The number of unbranched alkanes of at least 4 members (excludes halogenated alkanes) is 1. The molecule has 7 heteroatoms. The van der Waals surface area contributed by atoms with Gasteiger partial charge in [0, 0.05) is 32.6 Å². The molecule has 1 fully saturated rings. The lowest BCUT2D eigenvalue weighted by Gasteiger charge is -2.12. The van der Waals surface area contributed by atoms with Gasteiger partial charge in [-0.2, -0.15) is 11.8 Å². The van der Waals surface area contributed by atoms with E-state index in [0.717, 1.165) is 31.8 Å². The van der Waals surface area contributed by atoms with Crippen molar-refractivity contribution in [1.82, 2.24) is 16.0 Å².